The lowest BCUT2D eigenvalue weighted by Crippen LogP contribution is -2.35. The first-order valence-electron chi connectivity index (χ1n) is 6.46. The quantitative estimate of drug-likeness (QED) is 0.613. The molecule has 0 saturated heterocycles. The van der Waals surface area contributed by atoms with Gasteiger partial charge >= 0.3 is 0 Å². The van der Waals surface area contributed by atoms with Crippen molar-refractivity contribution >= 4 is 5.91 Å². The zero-order valence-electron chi connectivity index (χ0n) is 11.9. The maximum Gasteiger partial charge on any atom is 0.254 e. The van der Waals surface area contributed by atoms with E-state index in [1.54, 1.807) is 18.2 Å². The molecule has 114 valence electrons. The lowest BCUT2D eigenvalue weighted by atomic mass is 10.1. The summed E-state index contributed by atoms with van der Waals surface area (Å²) >= 11 is 0. The van der Waals surface area contributed by atoms with Gasteiger partial charge in [0.25, 0.3) is 5.91 Å². The van der Waals surface area contributed by atoms with Crippen LogP contribution >= 0.6 is 0 Å². The van der Waals surface area contributed by atoms with E-state index in [0.717, 1.165) is 0 Å². The van der Waals surface area contributed by atoms with Crippen LogP contribution in [0.4, 0.5) is 0 Å². The van der Waals surface area contributed by atoms with Crippen LogP contribution in [0.5, 0.6) is 5.75 Å². The summed E-state index contributed by atoms with van der Waals surface area (Å²) in [4.78, 5) is 13.7. The Morgan fingerprint density at radius 2 is 1.90 bits per heavy atom. The van der Waals surface area contributed by atoms with Crippen molar-refractivity contribution in [2.45, 2.75) is 0 Å². The number of carbonyl (C=O) groups is 1. The molecule has 1 amide bonds. The molecule has 0 unspecified atom stereocenters. The lowest BCUT2D eigenvalue weighted by Gasteiger charge is -2.21. The minimum absolute atomic E-state index is 0.142. The molecule has 0 aliphatic rings. The number of methoxy groups -OCH3 is 1. The standard InChI is InChI=1S/C15H19NO5/c1-21-14-5-4-13(11-12(14)3-2-8-17)15(20)16(6-9-18)7-10-19/h4-5,11,17-19H,6-10H2,1H3. The van der Waals surface area contributed by atoms with Crippen molar-refractivity contribution in [1.29, 1.82) is 0 Å². The van der Waals surface area contributed by atoms with Crippen LogP contribution in [0.3, 0.4) is 0 Å². The van der Waals surface area contributed by atoms with Gasteiger partial charge in [0.1, 0.15) is 12.4 Å². The van der Waals surface area contributed by atoms with Crippen molar-refractivity contribution in [2.24, 2.45) is 0 Å². The van der Waals surface area contributed by atoms with Gasteiger partial charge < -0.3 is 25.0 Å². The Balaban J connectivity index is 3.08. The summed E-state index contributed by atoms with van der Waals surface area (Å²) in [5.74, 6) is 5.41. The number of aliphatic hydroxyl groups excluding tert-OH is 3. The molecule has 0 fully saturated rings. The molecule has 0 heterocycles. The van der Waals surface area contributed by atoms with Gasteiger partial charge in [-0.2, -0.15) is 0 Å². The Labute approximate surface area is 123 Å². The molecule has 0 bridgehead atoms. The van der Waals surface area contributed by atoms with Crippen molar-refractivity contribution < 1.29 is 24.9 Å². The van der Waals surface area contributed by atoms with E-state index >= 15 is 0 Å². The van der Waals surface area contributed by atoms with Crippen molar-refractivity contribution in [3.63, 3.8) is 0 Å². The Hall–Kier alpha value is -2.07. The minimum Gasteiger partial charge on any atom is -0.495 e. The van der Waals surface area contributed by atoms with Crippen LogP contribution in [0.25, 0.3) is 0 Å². The Morgan fingerprint density at radius 3 is 2.43 bits per heavy atom. The first kappa shape index (κ1) is 17.0. The van der Waals surface area contributed by atoms with Crippen molar-refractivity contribution in [2.75, 3.05) is 40.0 Å². The van der Waals surface area contributed by atoms with Crippen molar-refractivity contribution in [3.8, 4) is 17.6 Å². The number of hydrogen-bond acceptors (Lipinski definition) is 5. The van der Waals surface area contributed by atoms with E-state index in [9.17, 15) is 4.79 Å². The van der Waals surface area contributed by atoms with Crippen molar-refractivity contribution in [1.82, 2.24) is 4.90 Å². The van der Waals surface area contributed by atoms with Gasteiger partial charge in [-0.3, -0.25) is 4.79 Å². The van der Waals surface area contributed by atoms with Crippen LogP contribution in [-0.2, 0) is 0 Å². The van der Waals surface area contributed by atoms with Crippen LogP contribution in [0.15, 0.2) is 18.2 Å². The average molecular weight is 293 g/mol. The fourth-order valence-corrected chi connectivity index (χ4v) is 1.81. The first-order valence-corrected chi connectivity index (χ1v) is 6.46. The van der Waals surface area contributed by atoms with Gasteiger partial charge in [-0.25, -0.2) is 0 Å². The van der Waals surface area contributed by atoms with Crippen LogP contribution in [-0.4, -0.2) is 66.1 Å². The summed E-state index contributed by atoms with van der Waals surface area (Å²) < 4.78 is 5.14. The SMILES string of the molecule is COc1ccc(C(=O)N(CCO)CCO)cc1C#CCO. The predicted octanol–water partition coefficient (Wildman–Crippen LogP) is -0.534. The fourth-order valence-electron chi connectivity index (χ4n) is 1.81. The molecule has 0 spiro atoms. The monoisotopic (exact) mass is 293 g/mol. The molecular formula is C15H19NO5. The second-order valence-corrected chi connectivity index (χ2v) is 4.11. The third kappa shape index (κ3) is 4.76. The number of benzene rings is 1. The van der Waals surface area contributed by atoms with E-state index in [1.165, 1.54) is 12.0 Å². The van der Waals surface area contributed by atoms with Crippen LogP contribution in [0.2, 0.25) is 0 Å². The van der Waals surface area contributed by atoms with Crippen molar-refractivity contribution in [3.05, 3.63) is 29.3 Å². The molecule has 21 heavy (non-hydrogen) atoms. The number of aliphatic hydroxyl groups is 3. The molecule has 0 aliphatic carbocycles. The number of rotatable bonds is 6. The summed E-state index contributed by atoms with van der Waals surface area (Å²) in [7, 11) is 1.49. The van der Waals surface area contributed by atoms with Gasteiger partial charge in [-0.1, -0.05) is 11.8 Å². The summed E-state index contributed by atoms with van der Waals surface area (Å²) in [6, 6.07) is 4.77. The third-order valence-electron chi connectivity index (χ3n) is 2.78. The van der Waals surface area contributed by atoms with Gasteiger partial charge in [0, 0.05) is 18.7 Å². The number of ether oxygens (including phenoxy) is 1. The van der Waals surface area contributed by atoms with E-state index in [4.69, 9.17) is 20.1 Å². The average Bonchev–Trinajstić information content (AvgIpc) is 2.51. The number of carbonyl (C=O) groups excluding carboxylic acids is 1. The minimum atomic E-state index is -0.312. The molecule has 0 radical (unpaired) electrons. The highest BCUT2D eigenvalue weighted by Crippen LogP contribution is 2.19. The van der Waals surface area contributed by atoms with E-state index in [2.05, 4.69) is 11.8 Å². The molecule has 1 rings (SSSR count). The number of nitrogens with zero attached hydrogens (tertiary/aromatic N) is 1. The van der Waals surface area contributed by atoms with Gasteiger partial charge in [0.15, 0.2) is 0 Å². The molecule has 6 heteroatoms. The molecule has 0 aromatic heterocycles. The smallest absolute Gasteiger partial charge is 0.254 e. The number of amides is 1. The summed E-state index contributed by atoms with van der Waals surface area (Å²) in [6.07, 6.45) is 0. The zero-order chi connectivity index (χ0) is 15.7. The molecule has 0 aliphatic heterocycles. The highest BCUT2D eigenvalue weighted by atomic mass is 16.5. The van der Waals surface area contributed by atoms with E-state index in [-0.39, 0.29) is 38.8 Å². The molecule has 1 aromatic rings. The summed E-state index contributed by atoms with van der Waals surface area (Å²) in [6.45, 7) is -0.368. The molecule has 0 saturated carbocycles. The van der Waals surface area contributed by atoms with Gasteiger partial charge in [0.05, 0.1) is 25.9 Å². The van der Waals surface area contributed by atoms with E-state index < -0.39 is 0 Å². The van der Waals surface area contributed by atoms with Crippen LogP contribution in [0.1, 0.15) is 15.9 Å². The van der Waals surface area contributed by atoms with Gasteiger partial charge in [-0.15, -0.1) is 0 Å². The Kier molecular flexibility index (Phi) is 7.26. The van der Waals surface area contributed by atoms with Gasteiger partial charge in [0.2, 0.25) is 0 Å². The molecule has 0 atom stereocenters. The third-order valence-corrected chi connectivity index (χ3v) is 2.78. The fraction of sp³-hybridized carbons (Fsp3) is 0.400. The predicted molar refractivity (Wildman–Crippen MR) is 77.0 cm³/mol. The maximum atomic E-state index is 12.3. The first-order chi connectivity index (χ1) is 10.2. The largest absolute Gasteiger partial charge is 0.495 e. The Morgan fingerprint density at radius 1 is 1.24 bits per heavy atom. The van der Waals surface area contributed by atoms with Crippen LogP contribution in [0, 0.1) is 11.8 Å². The van der Waals surface area contributed by atoms with Crippen LogP contribution < -0.4 is 4.74 Å². The second-order valence-electron chi connectivity index (χ2n) is 4.11. The highest BCUT2D eigenvalue weighted by molar-refractivity contribution is 5.95. The second kappa shape index (κ2) is 8.97. The topological polar surface area (TPSA) is 90.2 Å². The zero-order valence-corrected chi connectivity index (χ0v) is 11.9. The highest BCUT2D eigenvalue weighted by Gasteiger charge is 2.16. The molecular weight excluding hydrogens is 274 g/mol. The lowest BCUT2D eigenvalue weighted by molar-refractivity contribution is 0.0684. The Bertz CT molecular complexity index is 527. The van der Waals surface area contributed by atoms with Gasteiger partial charge in [-0.05, 0) is 18.2 Å². The summed E-state index contributed by atoms with van der Waals surface area (Å²) in [5.41, 5.74) is 0.866. The van der Waals surface area contributed by atoms with E-state index in [0.29, 0.717) is 16.9 Å². The maximum absolute atomic E-state index is 12.3. The normalized spacial score (nSPS) is 9.71. The number of hydrogen-bond donors (Lipinski definition) is 3. The molecule has 1 aromatic carbocycles. The molecule has 3 N–H and O–H groups in total. The van der Waals surface area contributed by atoms with E-state index in [1.807, 2.05) is 0 Å². The summed E-state index contributed by atoms with van der Waals surface area (Å²) in [5, 5.41) is 26.7. The molecule has 6 nitrogen and oxygen atoms in total.